The molecule has 1 atom stereocenters. The lowest BCUT2D eigenvalue weighted by Gasteiger charge is -2.29. The highest BCUT2D eigenvalue weighted by Crippen LogP contribution is 2.45. The maximum Gasteiger partial charge on any atom is 0.295 e. The van der Waals surface area contributed by atoms with E-state index >= 15 is 0 Å². The van der Waals surface area contributed by atoms with Gasteiger partial charge < -0.3 is 33.9 Å². The van der Waals surface area contributed by atoms with Gasteiger partial charge >= 0.3 is 0 Å². The second kappa shape index (κ2) is 13.4. The summed E-state index contributed by atoms with van der Waals surface area (Å²) in [6, 6.07) is 17.3. The van der Waals surface area contributed by atoms with Crippen LogP contribution in [0.4, 0.5) is 0 Å². The fraction of sp³-hybridized carbons (Fsp3) is 0.333. The number of carbonyl (C=O) groups excluding carboxylic acids is 2. The van der Waals surface area contributed by atoms with E-state index in [0.717, 1.165) is 12.1 Å². The molecular formula is C33H38N2O7. The Balaban J connectivity index is 1.78. The van der Waals surface area contributed by atoms with Crippen LogP contribution in [0.1, 0.15) is 34.7 Å². The number of methoxy groups -OCH3 is 3. The van der Waals surface area contributed by atoms with Crippen LogP contribution in [-0.2, 0) is 16.2 Å². The summed E-state index contributed by atoms with van der Waals surface area (Å²) in [5.74, 6) is -0.317. The molecule has 3 aromatic carbocycles. The number of nitrogens with one attached hydrogen (secondary N) is 1. The molecule has 4 rings (SSSR count). The number of quaternary nitrogens is 1. The van der Waals surface area contributed by atoms with E-state index in [4.69, 9.17) is 18.9 Å². The van der Waals surface area contributed by atoms with Crippen molar-refractivity contribution in [2.45, 2.75) is 26.0 Å². The van der Waals surface area contributed by atoms with Gasteiger partial charge in [0.2, 0.25) is 11.5 Å². The number of ether oxygens (including phenoxy) is 4. The molecule has 0 bridgehead atoms. The Kier molecular flexibility index (Phi) is 9.75. The predicted octanol–water partition coefficient (Wildman–Crippen LogP) is 2.36. The first-order valence-corrected chi connectivity index (χ1v) is 13.8. The van der Waals surface area contributed by atoms with Gasteiger partial charge in [0.25, 0.3) is 5.91 Å². The first-order chi connectivity index (χ1) is 20.2. The number of likely N-dealkylation sites (tertiary alicyclic amines) is 1. The highest BCUT2D eigenvalue weighted by molar-refractivity contribution is 6.46. The molecule has 222 valence electrons. The van der Waals surface area contributed by atoms with Gasteiger partial charge in [-0.05, 0) is 53.4 Å². The van der Waals surface area contributed by atoms with Gasteiger partial charge in [0.1, 0.15) is 12.4 Å². The summed E-state index contributed by atoms with van der Waals surface area (Å²) in [4.78, 5) is 29.6. The van der Waals surface area contributed by atoms with E-state index in [9.17, 15) is 14.7 Å². The number of nitrogens with zero attached hydrogens (tertiary/aromatic N) is 1. The highest BCUT2D eigenvalue weighted by atomic mass is 16.5. The van der Waals surface area contributed by atoms with Crippen molar-refractivity contribution in [1.29, 1.82) is 0 Å². The van der Waals surface area contributed by atoms with Crippen molar-refractivity contribution >= 4 is 17.4 Å². The quantitative estimate of drug-likeness (QED) is 0.201. The number of ketones is 1. The minimum Gasteiger partial charge on any atom is -0.872 e. The standard InChI is InChI=1S/C33H38N2O7/c1-21-17-24(42-20-22-11-8-7-9-12-22)13-14-25(21)30(36)28-29(35(33(38)31(28)37)16-10-15-34(2)3)23-18-26(39-4)32(41-6)27(19-23)40-5/h7-9,11-14,17-19,29,36H,10,15-16,20H2,1-6H3. The van der Waals surface area contributed by atoms with Crippen molar-refractivity contribution in [2.75, 3.05) is 48.5 Å². The lowest BCUT2D eigenvalue weighted by Crippen LogP contribution is -3.05. The number of Topliss-reactive ketones (excluding diaryl/α,β-unsaturated/α-hetero) is 1. The molecular weight excluding hydrogens is 536 g/mol. The third-order valence-corrected chi connectivity index (χ3v) is 7.30. The average Bonchev–Trinajstić information content (AvgIpc) is 3.24. The topological polar surface area (TPSA) is 102 Å². The van der Waals surface area contributed by atoms with Gasteiger partial charge in [0, 0.05) is 18.5 Å². The fourth-order valence-corrected chi connectivity index (χ4v) is 5.18. The van der Waals surface area contributed by atoms with Gasteiger partial charge in [-0.3, -0.25) is 9.59 Å². The maximum absolute atomic E-state index is 14.1. The smallest absolute Gasteiger partial charge is 0.295 e. The van der Waals surface area contributed by atoms with Crippen LogP contribution in [0, 0.1) is 6.92 Å². The highest BCUT2D eigenvalue weighted by Gasteiger charge is 2.44. The fourth-order valence-electron chi connectivity index (χ4n) is 5.18. The summed E-state index contributed by atoms with van der Waals surface area (Å²) in [6.45, 7) is 3.26. The molecule has 0 radical (unpaired) electrons. The SMILES string of the molecule is COc1cc(C2C(=C([O-])c3ccc(OCc4ccccc4)cc3C)C(=O)C(=O)N2CCC[NH+](C)C)cc(OC)c1OC. The molecule has 1 fully saturated rings. The number of amides is 1. The van der Waals surface area contributed by atoms with Gasteiger partial charge in [-0.25, -0.2) is 0 Å². The molecule has 3 aromatic rings. The molecule has 1 heterocycles. The van der Waals surface area contributed by atoms with Crippen molar-refractivity contribution in [3.63, 3.8) is 0 Å². The summed E-state index contributed by atoms with van der Waals surface area (Å²) in [5, 5.41) is 14.1. The van der Waals surface area contributed by atoms with Gasteiger partial charge in [0.15, 0.2) is 11.5 Å². The molecule has 1 aliphatic heterocycles. The molecule has 0 spiro atoms. The van der Waals surface area contributed by atoms with Gasteiger partial charge in [0.05, 0.1) is 48.0 Å². The Morgan fingerprint density at radius 3 is 2.17 bits per heavy atom. The second-order valence-corrected chi connectivity index (χ2v) is 10.5. The Labute approximate surface area is 246 Å². The van der Waals surface area contributed by atoms with E-state index in [1.165, 1.54) is 31.1 Å². The minimum absolute atomic E-state index is 0.104. The number of aryl methyl sites for hydroxylation is 1. The lowest BCUT2D eigenvalue weighted by atomic mass is 9.93. The Morgan fingerprint density at radius 1 is 0.929 bits per heavy atom. The Morgan fingerprint density at radius 2 is 1.60 bits per heavy atom. The third-order valence-electron chi connectivity index (χ3n) is 7.30. The van der Waals surface area contributed by atoms with Crippen molar-refractivity contribution in [3.05, 3.63) is 88.5 Å². The predicted molar refractivity (Wildman–Crippen MR) is 157 cm³/mol. The molecule has 9 heteroatoms. The van der Waals surface area contributed by atoms with Gasteiger partial charge in [-0.15, -0.1) is 0 Å². The van der Waals surface area contributed by atoms with Gasteiger partial charge in [-0.1, -0.05) is 42.2 Å². The second-order valence-electron chi connectivity index (χ2n) is 10.5. The number of carbonyl (C=O) groups is 2. The van der Waals surface area contributed by atoms with Crippen LogP contribution in [0.3, 0.4) is 0 Å². The van der Waals surface area contributed by atoms with Crippen LogP contribution in [0.25, 0.3) is 5.76 Å². The van der Waals surface area contributed by atoms with Crippen LogP contribution in [0.15, 0.2) is 66.2 Å². The first-order valence-electron chi connectivity index (χ1n) is 13.8. The molecule has 1 amide bonds. The first kappa shape index (κ1) is 30.5. The molecule has 1 unspecified atom stereocenters. The maximum atomic E-state index is 14.1. The van der Waals surface area contributed by atoms with E-state index in [2.05, 4.69) is 0 Å². The number of benzene rings is 3. The summed E-state index contributed by atoms with van der Waals surface area (Å²) in [5.41, 5.74) is 2.40. The van der Waals surface area contributed by atoms with Crippen molar-refractivity contribution in [2.24, 2.45) is 0 Å². The van der Waals surface area contributed by atoms with E-state index < -0.39 is 23.5 Å². The minimum atomic E-state index is -0.920. The van der Waals surface area contributed by atoms with Gasteiger partial charge in [-0.2, -0.15) is 0 Å². The molecule has 0 aliphatic carbocycles. The van der Waals surface area contributed by atoms with Crippen molar-refractivity contribution in [3.8, 4) is 23.0 Å². The summed E-state index contributed by atoms with van der Waals surface area (Å²) >= 11 is 0. The number of hydrogen-bond donors (Lipinski definition) is 1. The zero-order valence-corrected chi connectivity index (χ0v) is 25.0. The van der Waals surface area contributed by atoms with E-state index in [1.807, 2.05) is 44.4 Å². The number of hydrogen-bond acceptors (Lipinski definition) is 7. The van der Waals surface area contributed by atoms with E-state index in [0.29, 0.717) is 59.3 Å². The van der Waals surface area contributed by atoms with E-state index in [1.54, 1.807) is 37.3 Å². The molecule has 0 saturated carbocycles. The van der Waals surface area contributed by atoms with Crippen LogP contribution in [-0.4, -0.2) is 65.1 Å². The molecule has 9 nitrogen and oxygen atoms in total. The largest absolute Gasteiger partial charge is 0.872 e. The normalized spacial score (nSPS) is 16.2. The molecule has 1 aliphatic rings. The van der Waals surface area contributed by atoms with E-state index in [-0.39, 0.29) is 5.57 Å². The summed E-state index contributed by atoms with van der Waals surface area (Å²) in [7, 11) is 8.51. The van der Waals surface area contributed by atoms with Crippen LogP contribution < -0.4 is 29.0 Å². The Hall–Kier alpha value is -4.50. The van der Waals surface area contributed by atoms with Crippen molar-refractivity contribution in [1.82, 2.24) is 4.90 Å². The molecule has 1 N–H and O–H groups in total. The monoisotopic (exact) mass is 574 g/mol. The Bertz CT molecular complexity index is 1440. The summed E-state index contributed by atoms with van der Waals surface area (Å²) < 4.78 is 22.5. The number of rotatable bonds is 12. The zero-order chi connectivity index (χ0) is 30.4. The summed E-state index contributed by atoms with van der Waals surface area (Å²) in [6.07, 6.45) is 0.649. The molecule has 1 saturated heterocycles. The third kappa shape index (κ3) is 6.36. The van der Waals surface area contributed by atoms with Crippen LogP contribution >= 0.6 is 0 Å². The van der Waals surface area contributed by atoms with Crippen molar-refractivity contribution < 1.29 is 38.5 Å². The van der Waals surface area contributed by atoms with Crippen LogP contribution in [0.2, 0.25) is 0 Å². The average molecular weight is 575 g/mol. The zero-order valence-electron chi connectivity index (χ0n) is 25.0. The molecule has 0 aromatic heterocycles. The van der Waals surface area contributed by atoms with Crippen LogP contribution in [0.5, 0.6) is 23.0 Å². The molecule has 42 heavy (non-hydrogen) atoms. The lowest BCUT2D eigenvalue weighted by molar-refractivity contribution is -0.858.